The molecule has 1 aromatic rings. The SMILES string of the molecule is CCCN1C(=O)Cn2cccc2C1C(=O)NC1CCCCC1C. The van der Waals surface area contributed by atoms with Gasteiger partial charge in [-0.2, -0.15) is 0 Å². The van der Waals surface area contributed by atoms with E-state index in [-0.39, 0.29) is 17.9 Å². The smallest absolute Gasteiger partial charge is 0.249 e. The zero-order chi connectivity index (χ0) is 16.4. The molecule has 126 valence electrons. The maximum atomic E-state index is 13.0. The Hall–Kier alpha value is -1.78. The van der Waals surface area contributed by atoms with Crippen LogP contribution >= 0.6 is 0 Å². The third-order valence-corrected chi connectivity index (χ3v) is 5.23. The van der Waals surface area contributed by atoms with Crippen LogP contribution in [0, 0.1) is 5.92 Å². The molecule has 3 rings (SSSR count). The summed E-state index contributed by atoms with van der Waals surface area (Å²) < 4.78 is 1.91. The predicted octanol–water partition coefficient (Wildman–Crippen LogP) is 2.48. The quantitative estimate of drug-likeness (QED) is 0.927. The summed E-state index contributed by atoms with van der Waals surface area (Å²) in [5.74, 6) is 0.524. The van der Waals surface area contributed by atoms with Crippen LogP contribution in [0.15, 0.2) is 18.3 Å². The van der Waals surface area contributed by atoms with E-state index in [0.29, 0.717) is 19.0 Å². The lowest BCUT2D eigenvalue weighted by atomic mass is 9.85. The largest absolute Gasteiger partial charge is 0.351 e. The average Bonchev–Trinajstić information content (AvgIpc) is 2.98. The number of amides is 2. The average molecular weight is 317 g/mol. The van der Waals surface area contributed by atoms with Gasteiger partial charge in [0.25, 0.3) is 0 Å². The second-order valence-electron chi connectivity index (χ2n) is 6.93. The molecule has 3 atom stereocenters. The molecule has 1 saturated carbocycles. The highest BCUT2D eigenvalue weighted by Crippen LogP contribution is 2.29. The van der Waals surface area contributed by atoms with Crippen molar-refractivity contribution in [2.45, 2.75) is 64.6 Å². The molecule has 1 aliphatic heterocycles. The van der Waals surface area contributed by atoms with Gasteiger partial charge >= 0.3 is 0 Å². The highest BCUT2D eigenvalue weighted by Gasteiger charge is 2.38. The van der Waals surface area contributed by atoms with Crippen molar-refractivity contribution in [3.63, 3.8) is 0 Å². The molecular weight excluding hydrogens is 290 g/mol. The Morgan fingerprint density at radius 1 is 1.35 bits per heavy atom. The van der Waals surface area contributed by atoms with Crippen LogP contribution in [0.25, 0.3) is 0 Å². The maximum Gasteiger partial charge on any atom is 0.249 e. The Kier molecular flexibility index (Phi) is 4.74. The van der Waals surface area contributed by atoms with Gasteiger partial charge in [-0.05, 0) is 37.3 Å². The van der Waals surface area contributed by atoms with Gasteiger partial charge in [-0.3, -0.25) is 9.59 Å². The van der Waals surface area contributed by atoms with Crippen LogP contribution in [-0.4, -0.2) is 33.9 Å². The highest BCUT2D eigenvalue weighted by molar-refractivity contribution is 5.90. The van der Waals surface area contributed by atoms with E-state index < -0.39 is 6.04 Å². The van der Waals surface area contributed by atoms with Crippen LogP contribution in [0.1, 0.15) is 57.7 Å². The van der Waals surface area contributed by atoms with Gasteiger partial charge in [0.2, 0.25) is 11.8 Å². The first-order valence-electron chi connectivity index (χ1n) is 8.86. The molecule has 1 aromatic heterocycles. The topological polar surface area (TPSA) is 54.3 Å². The maximum absolute atomic E-state index is 13.0. The number of nitrogens with zero attached hydrogens (tertiary/aromatic N) is 2. The number of hydrogen-bond donors (Lipinski definition) is 1. The number of carbonyl (C=O) groups excluding carboxylic acids is 2. The van der Waals surface area contributed by atoms with Crippen LogP contribution in [0.2, 0.25) is 0 Å². The number of carbonyl (C=O) groups is 2. The summed E-state index contributed by atoms with van der Waals surface area (Å²) >= 11 is 0. The molecule has 0 radical (unpaired) electrons. The summed E-state index contributed by atoms with van der Waals surface area (Å²) in [6.45, 7) is 5.22. The molecule has 2 amide bonds. The monoisotopic (exact) mass is 317 g/mol. The minimum atomic E-state index is -0.486. The molecule has 3 unspecified atom stereocenters. The zero-order valence-corrected chi connectivity index (χ0v) is 14.1. The Morgan fingerprint density at radius 2 is 2.13 bits per heavy atom. The third-order valence-electron chi connectivity index (χ3n) is 5.23. The normalized spacial score (nSPS) is 27.7. The van der Waals surface area contributed by atoms with Gasteiger partial charge in [0.15, 0.2) is 6.04 Å². The van der Waals surface area contributed by atoms with Gasteiger partial charge in [-0.15, -0.1) is 0 Å². The molecule has 0 spiro atoms. The standard InChI is InChI=1S/C18H27N3O2/c1-3-10-21-16(22)12-20-11-6-9-15(20)17(21)18(23)19-14-8-5-4-7-13(14)2/h6,9,11,13-14,17H,3-5,7-8,10,12H2,1-2H3,(H,19,23). The van der Waals surface area contributed by atoms with Crippen LogP contribution in [0.3, 0.4) is 0 Å². The number of fused-ring (bicyclic) bond motifs is 1. The van der Waals surface area contributed by atoms with E-state index in [1.165, 1.54) is 19.3 Å². The van der Waals surface area contributed by atoms with Gasteiger partial charge in [-0.1, -0.05) is 26.7 Å². The van der Waals surface area contributed by atoms with Crippen molar-refractivity contribution < 1.29 is 9.59 Å². The summed E-state index contributed by atoms with van der Waals surface area (Å²) in [6, 6.07) is 3.63. The second-order valence-corrected chi connectivity index (χ2v) is 6.93. The van der Waals surface area contributed by atoms with Gasteiger partial charge in [0.1, 0.15) is 6.54 Å². The molecule has 2 heterocycles. The minimum absolute atomic E-state index is 0.0230. The van der Waals surface area contributed by atoms with Crippen molar-refractivity contribution in [1.82, 2.24) is 14.8 Å². The minimum Gasteiger partial charge on any atom is -0.351 e. The van der Waals surface area contributed by atoms with Crippen molar-refractivity contribution in [2.24, 2.45) is 5.92 Å². The van der Waals surface area contributed by atoms with Gasteiger partial charge in [0.05, 0.1) is 5.69 Å². The molecule has 1 N–H and O–H groups in total. The van der Waals surface area contributed by atoms with E-state index in [2.05, 4.69) is 12.2 Å². The summed E-state index contributed by atoms with van der Waals surface area (Å²) in [5, 5.41) is 3.23. The fourth-order valence-electron chi connectivity index (χ4n) is 3.92. The van der Waals surface area contributed by atoms with Crippen molar-refractivity contribution in [3.8, 4) is 0 Å². The van der Waals surface area contributed by atoms with E-state index in [1.807, 2.05) is 29.8 Å². The summed E-state index contributed by atoms with van der Waals surface area (Å²) in [7, 11) is 0. The lowest BCUT2D eigenvalue weighted by molar-refractivity contribution is -0.144. The Balaban J connectivity index is 1.82. The van der Waals surface area contributed by atoms with Gasteiger partial charge < -0.3 is 14.8 Å². The Bertz CT molecular complexity index is 581. The zero-order valence-electron chi connectivity index (χ0n) is 14.1. The molecule has 0 aromatic carbocycles. The third kappa shape index (κ3) is 3.14. The molecule has 0 bridgehead atoms. The fourth-order valence-corrected chi connectivity index (χ4v) is 3.92. The van der Waals surface area contributed by atoms with E-state index >= 15 is 0 Å². The van der Waals surface area contributed by atoms with Crippen LogP contribution < -0.4 is 5.32 Å². The van der Waals surface area contributed by atoms with Crippen LogP contribution in [-0.2, 0) is 16.1 Å². The summed E-state index contributed by atoms with van der Waals surface area (Å²) in [6.07, 6.45) is 7.39. The van der Waals surface area contributed by atoms with Crippen molar-refractivity contribution in [2.75, 3.05) is 6.54 Å². The summed E-state index contributed by atoms with van der Waals surface area (Å²) in [5.41, 5.74) is 0.930. The van der Waals surface area contributed by atoms with E-state index in [0.717, 1.165) is 18.5 Å². The molecule has 1 fully saturated rings. The lowest BCUT2D eigenvalue weighted by Gasteiger charge is -2.38. The number of hydrogen-bond acceptors (Lipinski definition) is 2. The highest BCUT2D eigenvalue weighted by atomic mass is 16.2. The van der Waals surface area contributed by atoms with Gasteiger partial charge in [0, 0.05) is 18.8 Å². The van der Waals surface area contributed by atoms with Crippen LogP contribution in [0.4, 0.5) is 0 Å². The molecule has 5 heteroatoms. The van der Waals surface area contributed by atoms with E-state index in [9.17, 15) is 9.59 Å². The second kappa shape index (κ2) is 6.77. The molecule has 0 saturated heterocycles. The fraction of sp³-hybridized carbons (Fsp3) is 0.667. The van der Waals surface area contributed by atoms with Gasteiger partial charge in [-0.25, -0.2) is 0 Å². The first kappa shape index (κ1) is 16.1. The van der Waals surface area contributed by atoms with Crippen molar-refractivity contribution >= 4 is 11.8 Å². The molecule has 5 nitrogen and oxygen atoms in total. The Morgan fingerprint density at radius 3 is 2.87 bits per heavy atom. The van der Waals surface area contributed by atoms with Crippen LogP contribution in [0.5, 0.6) is 0 Å². The molecule has 1 aliphatic carbocycles. The van der Waals surface area contributed by atoms with E-state index in [4.69, 9.17) is 0 Å². The number of rotatable bonds is 4. The van der Waals surface area contributed by atoms with Crippen molar-refractivity contribution in [3.05, 3.63) is 24.0 Å². The molecular formula is C18H27N3O2. The first-order chi connectivity index (χ1) is 11.1. The lowest BCUT2D eigenvalue weighted by Crippen LogP contribution is -2.52. The number of nitrogens with one attached hydrogen (secondary N) is 1. The van der Waals surface area contributed by atoms with E-state index in [1.54, 1.807) is 4.90 Å². The summed E-state index contributed by atoms with van der Waals surface area (Å²) in [4.78, 5) is 27.2. The molecule has 23 heavy (non-hydrogen) atoms. The Labute approximate surface area is 138 Å². The predicted molar refractivity (Wildman–Crippen MR) is 88.7 cm³/mol. The van der Waals surface area contributed by atoms with Crippen molar-refractivity contribution in [1.29, 1.82) is 0 Å². The molecule has 2 aliphatic rings. The first-order valence-corrected chi connectivity index (χ1v) is 8.86. The number of aromatic nitrogens is 1.